The maximum Gasteiger partial charge on any atom is 0.161 e. The number of hydrogen-bond acceptors (Lipinski definition) is 3. The Balaban J connectivity index is 1.54. The normalized spacial score (nSPS) is 31.8. The van der Waals surface area contributed by atoms with Gasteiger partial charge in [0.15, 0.2) is 11.6 Å². The molecule has 3 nitrogen and oxygen atoms in total. The molecule has 188 valence electrons. The number of methoxy groups -OCH3 is 1. The molecule has 5 rings (SSSR count). The van der Waals surface area contributed by atoms with Gasteiger partial charge in [0.25, 0.3) is 0 Å². The van der Waals surface area contributed by atoms with E-state index in [1.165, 1.54) is 28.7 Å². The third-order valence-electron chi connectivity index (χ3n) is 10.2. The lowest BCUT2D eigenvalue weighted by atomic mass is 9.57. The third-order valence-corrected chi connectivity index (χ3v) is 10.2. The van der Waals surface area contributed by atoms with E-state index in [4.69, 9.17) is 4.74 Å². The monoisotopic (exact) mass is 474 g/mol. The van der Waals surface area contributed by atoms with Gasteiger partial charge in [0.05, 0.1) is 0 Å². The summed E-state index contributed by atoms with van der Waals surface area (Å²) in [6, 6.07) is 9.45. The summed E-state index contributed by atoms with van der Waals surface area (Å²) in [5.74, 6) is 3.92. The molecule has 4 aliphatic rings. The average molecular weight is 475 g/mol. The first kappa shape index (κ1) is 24.7. The topological polar surface area (TPSA) is 43.4 Å². The first-order valence-electron chi connectivity index (χ1n) is 14.0. The van der Waals surface area contributed by atoms with E-state index >= 15 is 0 Å². The van der Waals surface area contributed by atoms with E-state index in [1.54, 1.807) is 12.7 Å². The fourth-order valence-electron chi connectivity index (χ4n) is 7.93. The molecule has 0 saturated heterocycles. The van der Waals surface area contributed by atoms with Gasteiger partial charge >= 0.3 is 0 Å². The molecule has 0 radical (unpaired) electrons. The van der Waals surface area contributed by atoms with Crippen LogP contribution in [-0.4, -0.2) is 25.3 Å². The molecule has 1 aromatic rings. The number of hydrogen-bond donors (Lipinski definition) is 0. The van der Waals surface area contributed by atoms with Crippen molar-refractivity contribution in [3.8, 4) is 0 Å². The van der Waals surface area contributed by atoms with Crippen LogP contribution in [0.25, 0.3) is 0 Å². The molecule has 2 fully saturated rings. The predicted molar refractivity (Wildman–Crippen MR) is 140 cm³/mol. The molecule has 0 aromatic heterocycles. The molecule has 4 aliphatic carbocycles. The Morgan fingerprint density at radius 3 is 2.51 bits per heavy atom. The number of rotatable bonds is 7. The SMILES string of the molecule is CCC(C)C(C)c1ccc(C2CC3C(C(=O)COC)CCC3C3CCC4=CC(=O)CCC4=C23)cc1. The van der Waals surface area contributed by atoms with Crippen molar-refractivity contribution in [1.29, 1.82) is 0 Å². The van der Waals surface area contributed by atoms with Gasteiger partial charge in [0, 0.05) is 25.4 Å². The molecular formula is C32H42O3. The first-order valence-corrected chi connectivity index (χ1v) is 14.0. The molecule has 0 aliphatic heterocycles. The lowest BCUT2D eigenvalue weighted by Gasteiger charge is -2.47. The lowest BCUT2D eigenvalue weighted by molar-refractivity contribution is -0.128. The standard InChI is InChI=1S/C32H42O3/c1-5-19(2)20(3)21-6-8-22(9-7-21)29-17-30-26(14-15-27(30)31(34)18-35-4)28-12-10-23-16-24(33)11-13-25(23)32(28)29/h6-9,16,19-20,26-30H,5,10-15,17-18H2,1-4H3. The number of fused-ring (bicyclic) bond motifs is 4. The summed E-state index contributed by atoms with van der Waals surface area (Å²) in [6.45, 7) is 7.20. The van der Waals surface area contributed by atoms with Gasteiger partial charge in [-0.3, -0.25) is 9.59 Å². The van der Waals surface area contributed by atoms with Crippen LogP contribution in [0.15, 0.2) is 47.1 Å². The van der Waals surface area contributed by atoms with Crippen molar-refractivity contribution < 1.29 is 14.3 Å². The fraction of sp³-hybridized carbons (Fsp3) is 0.625. The highest BCUT2D eigenvalue weighted by atomic mass is 16.5. The van der Waals surface area contributed by atoms with Crippen molar-refractivity contribution in [2.75, 3.05) is 13.7 Å². The van der Waals surface area contributed by atoms with Crippen LogP contribution in [0.2, 0.25) is 0 Å². The Labute approximate surface area is 211 Å². The predicted octanol–water partition coefficient (Wildman–Crippen LogP) is 7.18. The van der Waals surface area contributed by atoms with Crippen molar-refractivity contribution in [3.05, 3.63) is 58.2 Å². The molecule has 0 spiro atoms. The zero-order valence-corrected chi connectivity index (χ0v) is 22.0. The quantitative estimate of drug-likeness (QED) is 0.420. The van der Waals surface area contributed by atoms with Crippen LogP contribution in [-0.2, 0) is 14.3 Å². The van der Waals surface area contributed by atoms with Gasteiger partial charge in [-0.1, -0.05) is 57.0 Å². The average Bonchev–Trinajstić information content (AvgIpc) is 3.31. The van der Waals surface area contributed by atoms with E-state index in [-0.39, 0.29) is 12.5 Å². The number of carbonyl (C=O) groups excluding carboxylic acids is 2. The van der Waals surface area contributed by atoms with Crippen molar-refractivity contribution >= 4 is 11.6 Å². The molecule has 0 heterocycles. The highest BCUT2D eigenvalue weighted by Gasteiger charge is 2.51. The molecule has 35 heavy (non-hydrogen) atoms. The number of benzene rings is 1. The molecule has 3 heteroatoms. The van der Waals surface area contributed by atoms with Crippen molar-refractivity contribution in [2.45, 2.75) is 84.0 Å². The summed E-state index contributed by atoms with van der Waals surface area (Å²) < 4.78 is 5.26. The minimum Gasteiger partial charge on any atom is -0.377 e. The Morgan fingerprint density at radius 1 is 1.03 bits per heavy atom. The summed E-state index contributed by atoms with van der Waals surface area (Å²) >= 11 is 0. The molecule has 7 atom stereocenters. The maximum atomic E-state index is 13.0. The minimum atomic E-state index is 0.142. The van der Waals surface area contributed by atoms with E-state index < -0.39 is 0 Å². The largest absolute Gasteiger partial charge is 0.377 e. The second kappa shape index (κ2) is 10.2. The van der Waals surface area contributed by atoms with Gasteiger partial charge in [-0.15, -0.1) is 0 Å². The van der Waals surface area contributed by atoms with Crippen LogP contribution in [0.3, 0.4) is 0 Å². The van der Waals surface area contributed by atoms with E-state index in [2.05, 4.69) is 45.0 Å². The number of carbonyl (C=O) groups is 2. The molecule has 2 saturated carbocycles. The van der Waals surface area contributed by atoms with Crippen LogP contribution < -0.4 is 0 Å². The minimum absolute atomic E-state index is 0.142. The molecule has 0 bridgehead atoms. The Kier molecular flexibility index (Phi) is 7.17. The number of ether oxygens (including phenoxy) is 1. The van der Waals surface area contributed by atoms with Crippen LogP contribution in [0.4, 0.5) is 0 Å². The summed E-state index contributed by atoms with van der Waals surface area (Å²) in [6.07, 6.45) is 10.1. The Morgan fingerprint density at radius 2 is 1.80 bits per heavy atom. The highest BCUT2D eigenvalue weighted by Crippen LogP contribution is 2.60. The number of ketones is 2. The second-order valence-electron chi connectivity index (χ2n) is 11.8. The van der Waals surface area contributed by atoms with Gasteiger partial charge in [0.1, 0.15) is 6.61 Å². The molecule has 0 amide bonds. The smallest absolute Gasteiger partial charge is 0.161 e. The van der Waals surface area contributed by atoms with Crippen LogP contribution in [0.5, 0.6) is 0 Å². The molecule has 7 unspecified atom stereocenters. The van der Waals surface area contributed by atoms with Crippen LogP contribution >= 0.6 is 0 Å². The maximum absolute atomic E-state index is 13.0. The zero-order valence-electron chi connectivity index (χ0n) is 22.0. The summed E-state index contributed by atoms with van der Waals surface area (Å²) in [5, 5.41) is 0. The fourth-order valence-corrected chi connectivity index (χ4v) is 7.93. The van der Waals surface area contributed by atoms with Crippen molar-refractivity contribution in [2.24, 2.45) is 29.6 Å². The number of allylic oxidation sites excluding steroid dienone is 4. The second-order valence-corrected chi connectivity index (χ2v) is 11.8. The first-order chi connectivity index (χ1) is 16.9. The van der Waals surface area contributed by atoms with Gasteiger partial charge in [-0.05, 0) is 96.5 Å². The van der Waals surface area contributed by atoms with Crippen LogP contribution in [0.1, 0.15) is 95.1 Å². The lowest BCUT2D eigenvalue weighted by Crippen LogP contribution is -2.38. The zero-order chi connectivity index (χ0) is 24.7. The van der Waals surface area contributed by atoms with Gasteiger partial charge in [0.2, 0.25) is 0 Å². The Hall–Kier alpha value is -2.00. The summed E-state index contributed by atoms with van der Waals surface area (Å²) in [7, 11) is 1.64. The van der Waals surface area contributed by atoms with Crippen molar-refractivity contribution in [3.63, 3.8) is 0 Å². The van der Waals surface area contributed by atoms with E-state index in [1.807, 2.05) is 6.08 Å². The highest BCUT2D eigenvalue weighted by molar-refractivity contribution is 5.93. The summed E-state index contributed by atoms with van der Waals surface area (Å²) in [4.78, 5) is 25.2. The molecule has 0 N–H and O–H groups in total. The van der Waals surface area contributed by atoms with Crippen LogP contribution in [0, 0.1) is 29.6 Å². The third kappa shape index (κ3) is 4.50. The molecular weight excluding hydrogens is 432 g/mol. The number of Topliss-reactive ketones (excluding diaryl/α,β-unsaturated/α-hetero) is 1. The molecule has 1 aromatic carbocycles. The summed E-state index contributed by atoms with van der Waals surface area (Å²) in [5.41, 5.74) is 7.25. The van der Waals surface area contributed by atoms with Gasteiger partial charge in [-0.2, -0.15) is 0 Å². The van der Waals surface area contributed by atoms with E-state index in [0.29, 0.717) is 53.5 Å². The Bertz CT molecular complexity index is 1030. The van der Waals surface area contributed by atoms with E-state index in [9.17, 15) is 9.59 Å². The van der Waals surface area contributed by atoms with Gasteiger partial charge < -0.3 is 4.74 Å². The van der Waals surface area contributed by atoms with E-state index in [0.717, 1.165) is 38.5 Å². The van der Waals surface area contributed by atoms with Crippen molar-refractivity contribution in [1.82, 2.24) is 0 Å². The van der Waals surface area contributed by atoms with Gasteiger partial charge in [-0.25, -0.2) is 0 Å².